The number of aromatic hydroxyl groups is 1. The van der Waals surface area contributed by atoms with Crippen LogP contribution in [0.2, 0.25) is 0 Å². The normalized spacial score (nSPS) is 16.1. The average Bonchev–Trinajstić information content (AvgIpc) is 2.66. The molecule has 0 unspecified atom stereocenters. The van der Waals surface area contributed by atoms with Crippen molar-refractivity contribution in [2.45, 2.75) is 19.9 Å². The number of benzene rings is 2. The number of hydrogen-bond acceptors (Lipinski definition) is 4. The smallest absolute Gasteiger partial charge is 0.255 e. The molecule has 9 heteroatoms. The summed E-state index contributed by atoms with van der Waals surface area (Å²) in [5, 5.41) is 18.7. The van der Waals surface area contributed by atoms with Crippen LogP contribution in [0.25, 0.3) is 0 Å². The zero-order valence-corrected chi connectivity index (χ0v) is 16.5. The first-order chi connectivity index (χ1) is 13.8. The summed E-state index contributed by atoms with van der Waals surface area (Å²) in [6.45, 7) is 3.83. The molecule has 152 valence electrons. The molecule has 1 amide bonds. The third-order valence-corrected chi connectivity index (χ3v) is 4.53. The fraction of sp³-hybridized carbons (Fsp3) is 0.200. The summed E-state index contributed by atoms with van der Waals surface area (Å²) in [5.41, 5.74) is 1.55. The van der Waals surface area contributed by atoms with Gasteiger partial charge in [0.2, 0.25) is 0 Å². The van der Waals surface area contributed by atoms with Crippen LogP contribution >= 0.6 is 12.2 Å². The number of phenols is 1. The highest BCUT2D eigenvalue weighted by Crippen LogP contribution is 2.34. The van der Waals surface area contributed by atoms with E-state index < -0.39 is 23.6 Å². The Morgan fingerprint density at radius 1 is 1.24 bits per heavy atom. The second-order valence-corrected chi connectivity index (χ2v) is 6.72. The van der Waals surface area contributed by atoms with E-state index in [1.54, 1.807) is 26.0 Å². The van der Waals surface area contributed by atoms with Gasteiger partial charge in [0.15, 0.2) is 28.2 Å². The second kappa shape index (κ2) is 8.44. The molecule has 1 heterocycles. The Morgan fingerprint density at radius 3 is 2.69 bits per heavy atom. The van der Waals surface area contributed by atoms with E-state index in [0.29, 0.717) is 28.6 Å². The van der Waals surface area contributed by atoms with Crippen molar-refractivity contribution in [1.29, 1.82) is 0 Å². The van der Waals surface area contributed by atoms with Gasteiger partial charge in [-0.1, -0.05) is 6.07 Å². The molecule has 1 aliphatic heterocycles. The van der Waals surface area contributed by atoms with Crippen LogP contribution in [0.4, 0.5) is 14.5 Å². The van der Waals surface area contributed by atoms with Crippen LogP contribution in [-0.2, 0) is 4.79 Å². The molecule has 0 aromatic heterocycles. The number of anilines is 1. The zero-order chi connectivity index (χ0) is 21.1. The lowest BCUT2D eigenvalue weighted by atomic mass is 9.94. The summed E-state index contributed by atoms with van der Waals surface area (Å²) in [6.07, 6.45) is 0. The van der Waals surface area contributed by atoms with E-state index in [1.807, 2.05) is 0 Å². The van der Waals surface area contributed by atoms with E-state index >= 15 is 0 Å². The van der Waals surface area contributed by atoms with E-state index in [1.165, 1.54) is 12.1 Å². The van der Waals surface area contributed by atoms with Gasteiger partial charge in [0, 0.05) is 17.5 Å². The lowest BCUT2D eigenvalue weighted by Crippen LogP contribution is -2.45. The maximum absolute atomic E-state index is 13.5. The van der Waals surface area contributed by atoms with E-state index in [-0.39, 0.29) is 17.2 Å². The van der Waals surface area contributed by atoms with Crippen LogP contribution in [0.1, 0.15) is 25.5 Å². The van der Waals surface area contributed by atoms with Crippen molar-refractivity contribution in [3.8, 4) is 11.5 Å². The summed E-state index contributed by atoms with van der Waals surface area (Å²) >= 11 is 5.21. The summed E-state index contributed by atoms with van der Waals surface area (Å²) in [4.78, 5) is 13.0. The number of hydrogen-bond donors (Lipinski definition) is 4. The van der Waals surface area contributed by atoms with Crippen LogP contribution in [0.15, 0.2) is 47.7 Å². The highest BCUT2D eigenvalue weighted by atomic mass is 32.1. The molecular formula is C20H19F2N3O3S. The molecule has 3 rings (SSSR count). The van der Waals surface area contributed by atoms with Gasteiger partial charge in [-0.15, -0.1) is 0 Å². The molecule has 2 aromatic carbocycles. The summed E-state index contributed by atoms with van der Waals surface area (Å²) < 4.78 is 32.0. The highest BCUT2D eigenvalue weighted by Gasteiger charge is 2.30. The monoisotopic (exact) mass is 419 g/mol. The van der Waals surface area contributed by atoms with Crippen LogP contribution in [-0.4, -0.2) is 22.7 Å². The van der Waals surface area contributed by atoms with Crippen molar-refractivity contribution in [2.24, 2.45) is 0 Å². The van der Waals surface area contributed by atoms with E-state index in [2.05, 4.69) is 16.0 Å². The van der Waals surface area contributed by atoms with E-state index in [9.17, 15) is 18.7 Å². The molecule has 0 saturated heterocycles. The van der Waals surface area contributed by atoms with Gasteiger partial charge in [0.05, 0.1) is 18.2 Å². The number of allylic oxidation sites excluding steroid dienone is 1. The lowest BCUT2D eigenvalue weighted by molar-refractivity contribution is -0.113. The van der Waals surface area contributed by atoms with Gasteiger partial charge in [-0.05, 0) is 55.9 Å². The number of rotatable bonds is 5. The van der Waals surface area contributed by atoms with Gasteiger partial charge in [0.25, 0.3) is 5.91 Å². The number of nitrogens with one attached hydrogen (secondary N) is 3. The molecule has 4 N–H and O–H groups in total. The molecule has 1 aliphatic rings. The maximum atomic E-state index is 13.5. The topological polar surface area (TPSA) is 82.6 Å². The number of carbonyl (C=O) groups excluding carboxylic acids is 1. The molecule has 0 bridgehead atoms. The standard InChI is InChI=1S/C20H19F2N3O3S/c1-3-28-16-8-11(4-7-15(16)26)18-17(10(2)23-20(29)25-18)19(27)24-12-5-6-13(21)14(22)9-12/h4-9,18,26H,3H2,1-2H3,(H,24,27)(H2,23,25,29)/t18-/m0/s1. The molecule has 0 radical (unpaired) electrons. The Balaban J connectivity index is 1.96. The molecule has 0 aliphatic carbocycles. The van der Waals surface area contributed by atoms with Crippen LogP contribution < -0.4 is 20.7 Å². The number of phenolic OH excluding ortho intramolecular Hbond substituents is 1. The Bertz CT molecular complexity index is 1010. The van der Waals surface area contributed by atoms with Gasteiger partial charge in [-0.2, -0.15) is 0 Å². The quantitative estimate of drug-likeness (QED) is 0.556. The summed E-state index contributed by atoms with van der Waals surface area (Å²) in [5.74, 6) is -2.34. The molecule has 29 heavy (non-hydrogen) atoms. The Morgan fingerprint density at radius 2 is 2.00 bits per heavy atom. The number of thiocarbonyl (C=S) groups is 1. The first kappa shape index (κ1) is 20.5. The first-order valence-corrected chi connectivity index (χ1v) is 9.21. The Kier molecular flexibility index (Phi) is 5.97. The van der Waals surface area contributed by atoms with Crippen molar-refractivity contribution in [2.75, 3.05) is 11.9 Å². The molecule has 6 nitrogen and oxygen atoms in total. The van der Waals surface area contributed by atoms with Crippen LogP contribution in [0, 0.1) is 11.6 Å². The number of ether oxygens (including phenoxy) is 1. The predicted octanol–water partition coefficient (Wildman–Crippen LogP) is 3.50. The van der Waals surface area contributed by atoms with Gasteiger partial charge in [-0.25, -0.2) is 8.78 Å². The summed E-state index contributed by atoms with van der Waals surface area (Å²) in [6, 6.07) is 7.18. The summed E-state index contributed by atoms with van der Waals surface area (Å²) in [7, 11) is 0. The predicted molar refractivity (Wildman–Crippen MR) is 109 cm³/mol. The largest absolute Gasteiger partial charge is 0.504 e. The molecule has 1 atom stereocenters. The highest BCUT2D eigenvalue weighted by molar-refractivity contribution is 7.80. The molecular weight excluding hydrogens is 400 g/mol. The SMILES string of the molecule is CCOc1cc([C@@H]2NC(=S)NC(C)=C2C(=O)Nc2ccc(F)c(F)c2)ccc1O. The number of carbonyl (C=O) groups is 1. The molecule has 0 saturated carbocycles. The average molecular weight is 419 g/mol. The molecule has 2 aromatic rings. The van der Waals surface area contributed by atoms with Gasteiger partial charge < -0.3 is 25.8 Å². The third kappa shape index (κ3) is 4.45. The zero-order valence-electron chi connectivity index (χ0n) is 15.7. The number of amides is 1. The van der Waals surface area contributed by atoms with Gasteiger partial charge >= 0.3 is 0 Å². The minimum absolute atomic E-state index is 0.0272. The van der Waals surface area contributed by atoms with E-state index in [4.69, 9.17) is 17.0 Å². The van der Waals surface area contributed by atoms with E-state index in [0.717, 1.165) is 12.1 Å². The third-order valence-electron chi connectivity index (χ3n) is 4.31. The van der Waals surface area contributed by atoms with Crippen LogP contribution in [0.3, 0.4) is 0 Å². The number of halogens is 2. The second-order valence-electron chi connectivity index (χ2n) is 6.31. The van der Waals surface area contributed by atoms with Gasteiger partial charge in [0.1, 0.15) is 0 Å². The van der Waals surface area contributed by atoms with Crippen molar-refractivity contribution in [1.82, 2.24) is 10.6 Å². The fourth-order valence-electron chi connectivity index (χ4n) is 3.00. The minimum atomic E-state index is -1.06. The van der Waals surface area contributed by atoms with Crippen molar-refractivity contribution in [3.63, 3.8) is 0 Å². The van der Waals surface area contributed by atoms with Crippen molar-refractivity contribution < 1.29 is 23.4 Å². The van der Waals surface area contributed by atoms with Crippen LogP contribution in [0.5, 0.6) is 11.5 Å². The molecule has 0 fully saturated rings. The minimum Gasteiger partial charge on any atom is -0.504 e. The first-order valence-electron chi connectivity index (χ1n) is 8.80. The maximum Gasteiger partial charge on any atom is 0.255 e. The van der Waals surface area contributed by atoms with Crippen molar-refractivity contribution >= 4 is 28.9 Å². The van der Waals surface area contributed by atoms with Crippen molar-refractivity contribution in [3.05, 3.63) is 64.9 Å². The molecule has 0 spiro atoms. The lowest BCUT2D eigenvalue weighted by Gasteiger charge is -2.30. The Labute approximate surface area is 171 Å². The van der Waals surface area contributed by atoms with Gasteiger partial charge in [-0.3, -0.25) is 4.79 Å². The Hall–Kier alpha value is -3.20. The fourth-order valence-corrected chi connectivity index (χ4v) is 3.27.